The third-order valence-corrected chi connectivity index (χ3v) is 7.21. The predicted octanol–water partition coefficient (Wildman–Crippen LogP) is 9.68. The molecular weight excluding hydrogens is 526 g/mol. The van der Waals surface area contributed by atoms with Gasteiger partial charge in [-0.25, -0.2) is 4.99 Å². The van der Waals surface area contributed by atoms with Gasteiger partial charge in [0.2, 0.25) is 0 Å². The van der Waals surface area contributed by atoms with E-state index in [9.17, 15) is 9.59 Å². The third-order valence-electron chi connectivity index (χ3n) is 7.21. The number of ether oxygens (including phenoxy) is 3. The number of nitrogens with zero attached hydrogens (tertiary/aromatic N) is 1. The maximum atomic E-state index is 13.0. The van der Waals surface area contributed by atoms with Gasteiger partial charge in [-0.1, -0.05) is 65.9 Å². The van der Waals surface area contributed by atoms with Gasteiger partial charge in [0.1, 0.15) is 28.5 Å². The van der Waals surface area contributed by atoms with Crippen molar-refractivity contribution < 1.29 is 23.8 Å². The lowest BCUT2D eigenvalue weighted by Gasteiger charge is -2.29. The van der Waals surface area contributed by atoms with Crippen LogP contribution in [-0.4, -0.2) is 35.3 Å². The Bertz CT molecular complexity index is 987. The summed E-state index contributed by atoms with van der Waals surface area (Å²) >= 11 is 0. The number of rotatable bonds is 12. The van der Waals surface area contributed by atoms with E-state index in [1.807, 2.05) is 67.5 Å². The van der Waals surface area contributed by atoms with Crippen molar-refractivity contribution in [2.24, 2.45) is 22.2 Å². The number of hydrogen-bond donors (Lipinski definition) is 0. The highest BCUT2D eigenvalue weighted by Gasteiger charge is 2.29. The predicted molar refractivity (Wildman–Crippen MR) is 174 cm³/mol. The molecule has 1 aliphatic carbocycles. The van der Waals surface area contributed by atoms with Gasteiger partial charge in [-0.2, -0.15) is 0 Å². The van der Waals surface area contributed by atoms with Crippen LogP contribution in [0.1, 0.15) is 141 Å². The summed E-state index contributed by atoms with van der Waals surface area (Å²) in [6.45, 7) is 24.4. The zero-order valence-electron chi connectivity index (χ0n) is 28.9. The Kier molecular flexibility index (Phi) is 15.5. The Morgan fingerprint density at radius 3 is 2.00 bits per heavy atom. The first-order chi connectivity index (χ1) is 19.4. The fourth-order valence-corrected chi connectivity index (χ4v) is 4.25. The van der Waals surface area contributed by atoms with Crippen molar-refractivity contribution in [1.29, 1.82) is 0 Å². The number of hydrogen-bond acceptors (Lipinski definition) is 6. The van der Waals surface area contributed by atoms with Crippen LogP contribution in [0.15, 0.2) is 40.4 Å². The van der Waals surface area contributed by atoms with E-state index < -0.39 is 5.60 Å². The van der Waals surface area contributed by atoms with Gasteiger partial charge in [0.25, 0.3) is 0 Å². The van der Waals surface area contributed by atoms with Crippen molar-refractivity contribution in [3.63, 3.8) is 0 Å². The highest BCUT2D eigenvalue weighted by atomic mass is 16.6. The summed E-state index contributed by atoms with van der Waals surface area (Å²) in [5.74, 6) is 1.69. The minimum atomic E-state index is -0.495. The summed E-state index contributed by atoms with van der Waals surface area (Å²) in [5, 5.41) is 0. The molecule has 2 atom stereocenters. The van der Waals surface area contributed by atoms with Crippen LogP contribution in [0.25, 0.3) is 0 Å². The molecule has 0 aromatic heterocycles. The second-order valence-electron chi connectivity index (χ2n) is 14.7. The molecule has 42 heavy (non-hydrogen) atoms. The molecule has 240 valence electrons. The molecule has 1 heterocycles. The van der Waals surface area contributed by atoms with Crippen molar-refractivity contribution >= 4 is 17.5 Å². The van der Waals surface area contributed by atoms with Crippen LogP contribution in [0.2, 0.25) is 0 Å². The zero-order chi connectivity index (χ0) is 32.1. The first kappa shape index (κ1) is 37.8. The quantitative estimate of drug-likeness (QED) is 0.129. The van der Waals surface area contributed by atoms with E-state index in [4.69, 9.17) is 14.2 Å². The molecular formula is C36H61NO5. The van der Waals surface area contributed by atoms with Crippen LogP contribution in [0.3, 0.4) is 0 Å². The van der Waals surface area contributed by atoms with Gasteiger partial charge in [-0.05, 0) is 86.1 Å². The zero-order valence-corrected chi connectivity index (χ0v) is 28.9. The van der Waals surface area contributed by atoms with Crippen molar-refractivity contribution in [3.05, 3.63) is 35.4 Å². The fourth-order valence-electron chi connectivity index (χ4n) is 4.25. The Balaban J connectivity index is 0.00000202. The van der Waals surface area contributed by atoms with E-state index in [2.05, 4.69) is 32.7 Å². The topological polar surface area (TPSA) is 74.2 Å². The van der Waals surface area contributed by atoms with E-state index in [1.54, 1.807) is 6.08 Å². The van der Waals surface area contributed by atoms with E-state index in [0.717, 1.165) is 25.0 Å². The van der Waals surface area contributed by atoms with Gasteiger partial charge in [0.05, 0.1) is 12.2 Å². The highest BCUT2D eigenvalue weighted by Crippen LogP contribution is 2.34. The number of ketones is 1. The van der Waals surface area contributed by atoms with Gasteiger partial charge < -0.3 is 14.2 Å². The molecule has 0 N–H and O–H groups in total. The van der Waals surface area contributed by atoms with Crippen LogP contribution in [0, 0.1) is 17.3 Å². The van der Waals surface area contributed by atoms with Crippen LogP contribution in [-0.2, 0) is 23.8 Å². The van der Waals surface area contributed by atoms with Crippen LogP contribution in [0.4, 0.5) is 0 Å². The van der Waals surface area contributed by atoms with Crippen LogP contribution < -0.4 is 0 Å². The number of carbonyl (C=O) groups excluding carboxylic acids is 2. The number of unbranched alkanes of at least 4 members (excludes halogenated alkanes) is 1. The van der Waals surface area contributed by atoms with Crippen molar-refractivity contribution in [3.8, 4) is 0 Å². The smallest absolute Gasteiger partial charge is 0.306 e. The summed E-state index contributed by atoms with van der Waals surface area (Å²) in [6.07, 6.45) is 14.9. The molecule has 0 aromatic rings. The first-order valence-corrected chi connectivity index (χ1v) is 16.1. The van der Waals surface area contributed by atoms with Crippen LogP contribution in [0.5, 0.6) is 0 Å². The molecule has 0 radical (unpaired) electrons. The molecule has 6 nitrogen and oxygen atoms in total. The van der Waals surface area contributed by atoms with Crippen molar-refractivity contribution in [1.82, 2.24) is 0 Å². The lowest BCUT2D eigenvalue weighted by molar-refractivity contribution is -0.156. The molecule has 2 unspecified atom stereocenters. The van der Waals surface area contributed by atoms with Gasteiger partial charge in [-0.15, -0.1) is 0 Å². The fraction of sp³-hybridized carbons (Fsp3) is 0.750. The molecule has 0 bridgehead atoms. The minimum absolute atomic E-state index is 0.0253. The molecule has 2 aliphatic rings. The van der Waals surface area contributed by atoms with Gasteiger partial charge in [0.15, 0.2) is 5.78 Å². The highest BCUT2D eigenvalue weighted by molar-refractivity contribution is 6.11. The average Bonchev–Trinajstić information content (AvgIpc) is 3.22. The van der Waals surface area contributed by atoms with E-state index in [0.29, 0.717) is 36.6 Å². The molecule has 2 rings (SSSR count). The largest absolute Gasteiger partial charge is 0.460 e. The Labute approximate surface area is 257 Å². The molecule has 1 aliphatic heterocycles. The van der Waals surface area contributed by atoms with Gasteiger partial charge in [0, 0.05) is 24.3 Å². The Morgan fingerprint density at radius 2 is 1.55 bits per heavy atom. The Hall–Kier alpha value is -2.21. The summed E-state index contributed by atoms with van der Waals surface area (Å²) in [4.78, 5) is 30.1. The maximum absolute atomic E-state index is 13.0. The normalized spacial score (nSPS) is 19.3. The van der Waals surface area contributed by atoms with Crippen molar-refractivity contribution in [2.45, 2.75) is 152 Å². The lowest BCUT2D eigenvalue weighted by Crippen LogP contribution is -2.30. The molecule has 0 aromatic carbocycles. The Morgan fingerprint density at radius 1 is 0.952 bits per heavy atom. The molecule has 0 spiro atoms. The SMILES string of the molecule is C1CCC1.C\C=C(/N=C1/C=C(C(C)(C)C)O/C1=C/C)C(=O)CCCCC(COC(C)(C)C)C(C)CC(=O)OC(C)(C)C. The average molecular weight is 588 g/mol. The second-order valence-corrected chi connectivity index (χ2v) is 14.7. The number of carbonyl (C=O) groups is 2. The number of esters is 1. The number of Topliss-reactive ketones (excluding diaryl/α,β-unsaturated/α-hetero) is 1. The van der Waals surface area contributed by atoms with Gasteiger partial charge >= 0.3 is 5.97 Å². The summed E-state index contributed by atoms with van der Waals surface area (Å²) in [7, 11) is 0. The lowest BCUT2D eigenvalue weighted by atomic mass is 9.87. The standard InChI is InChI=1S/C32H53NO5.C4H8/c1-13-24(33-25-20-28(30(4,5)6)37-27(25)14-2)26(34)18-16-15-17-23(21-36-31(7,8)9)22(3)19-29(35)38-32(10,11)12;1-2-4-3-1/h13-14,20,22-23H,15-19,21H2,1-12H3;1-4H2/b24-13-,27-14+,33-25-;. The molecule has 6 heteroatoms. The molecule has 0 saturated heterocycles. The monoisotopic (exact) mass is 587 g/mol. The second kappa shape index (κ2) is 17.2. The van der Waals surface area contributed by atoms with E-state index >= 15 is 0 Å². The summed E-state index contributed by atoms with van der Waals surface area (Å²) < 4.78 is 17.6. The third kappa shape index (κ3) is 15.3. The molecule has 0 amide bonds. The summed E-state index contributed by atoms with van der Waals surface area (Å²) in [6, 6.07) is 0. The van der Waals surface area contributed by atoms with Crippen LogP contribution >= 0.6 is 0 Å². The number of aliphatic imine (C=N–C) groups is 1. The van der Waals surface area contributed by atoms with Crippen molar-refractivity contribution in [2.75, 3.05) is 6.61 Å². The molecule has 1 fully saturated rings. The molecule has 1 saturated carbocycles. The minimum Gasteiger partial charge on any atom is -0.460 e. The maximum Gasteiger partial charge on any atom is 0.306 e. The summed E-state index contributed by atoms with van der Waals surface area (Å²) in [5.41, 5.74) is 0.260. The first-order valence-electron chi connectivity index (χ1n) is 16.1. The van der Waals surface area contributed by atoms with Gasteiger partial charge in [-0.3, -0.25) is 9.59 Å². The van der Waals surface area contributed by atoms with E-state index in [-0.39, 0.29) is 34.6 Å². The van der Waals surface area contributed by atoms with E-state index in [1.165, 1.54) is 25.7 Å². The number of allylic oxidation sites excluding steroid dienone is 5.